The summed E-state index contributed by atoms with van der Waals surface area (Å²) in [5.41, 5.74) is -2.44. The summed E-state index contributed by atoms with van der Waals surface area (Å²) >= 11 is 0. The Morgan fingerprint density at radius 2 is 1.25 bits per heavy atom. The largest absolute Gasteiger partial charge is 0.382 e. The molecule has 0 aliphatic heterocycles. The summed E-state index contributed by atoms with van der Waals surface area (Å²) in [4.78, 5) is 9.29. The van der Waals surface area contributed by atoms with Crippen LogP contribution in [0.25, 0.3) is 0 Å². The van der Waals surface area contributed by atoms with Crippen molar-refractivity contribution in [3.8, 4) is 0 Å². The molecule has 2 aliphatic carbocycles. The van der Waals surface area contributed by atoms with Crippen molar-refractivity contribution in [1.29, 1.82) is 0 Å². The van der Waals surface area contributed by atoms with Crippen LogP contribution in [0.2, 0.25) is 0 Å². The average Bonchev–Trinajstić information content (AvgIpc) is 2.79. The van der Waals surface area contributed by atoms with E-state index in [-0.39, 0.29) is 23.7 Å². The maximum atomic E-state index is 14.1. The Hall–Kier alpha value is -2.31. The quantitative estimate of drug-likeness (QED) is 0.530. The number of sulfone groups is 2. The lowest BCUT2D eigenvalue weighted by molar-refractivity contribution is -0.188. The first-order valence-electron chi connectivity index (χ1n) is 11.0. The van der Waals surface area contributed by atoms with E-state index in [0.29, 0.717) is 11.7 Å². The molecule has 0 saturated heterocycles. The Labute approximate surface area is 208 Å². The average molecular weight is 553 g/mol. The summed E-state index contributed by atoms with van der Waals surface area (Å²) in [5, 5.41) is 5.62. The molecule has 0 spiro atoms. The van der Waals surface area contributed by atoms with Crippen molar-refractivity contribution in [1.82, 2.24) is 0 Å². The predicted octanol–water partition coefficient (Wildman–Crippen LogP) is 4.88. The highest BCUT2D eigenvalue weighted by atomic mass is 32.2. The van der Waals surface area contributed by atoms with Crippen LogP contribution in [0.5, 0.6) is 0 Å². The van der Waals surface area contributed by atoms with Gasteiger partial charge in [0, 0.05) is 12.8 Å². The molecule has 0 atom stereocenters. The molecule has 0 heterocycles. The highest BCUT2D eigenvalue weighted by Gasteiger charge is 2.66. The zero-order valence-corrected chi connectivity index (χ0v) is 21.3. The van der Waals surface area contributed by atoms with Crippen LogP contribution in [-0.2, 0) is 24.5 Å². The summed E-state index contributed by atoms with van der Waals surface area (Å²) < 4.78 is 97.3. The van der Waals surface area contributed by atoms with E-state index in [2.05, 4.69) is 6.92 Å². The van der Waals surface area contributed by atoms with Gasteiger partial charge in [-0.1, -0.05) is 50.2 Å². The molecule has 200 valence electrons. The highest BCUT2D eigenvalue weighted by Crippen LogP contribution is 2.51. The van der Waals surface area contributed by atoms with Crippen LogP contribution >= 0.6 is 0 Å². The van der Waals surface area contributed by atoms with Gasteiger partial charge in [-0.25, -0.2) is 16.8 Å². The van der Waals surface area contributed by atoms with E-state index in [4.69, 9.17) is 0 Å². The molecule has 2 fully saturated rings. The van der Waals surface area contributed by atoms with Gasteiger partial charge in [0.05, 0.1) is 9.79 Å². The molecule has 2 aromatic rings. The summed E-state index contributed by atoms with van der Waals surface area (Å²) in [7, 11) is -9.27. The molecule has 0 amide bonds. The fraction of sp³-hybridized carbons (Fsp3) is 0.458. The van der Waals surface area contributed by atoms with Gasteiger partial charge in [0.25, 0.3) is 0 Å². The zero-order valence-electron chi connectivity index (χ0n) is 19.7. The molecule has 0 radical (unpaired) electrons. The molecular weight excluding hydrogens is 524 g/mol. The topological polar surface area (TPSA) is 106 Å². The van der Waals surface area contributed by atoms with Gasteiger partial charge in [0.2, 0.25) is 19.7 Å². The van der Waals surface area contributed by atoms with Crippen LogP contribution in [-0.4, -0.2) is 44.3 Å². The Kier molecular flexibility index (Phi) is 9.46. The molecule has 4 rings (SSSR count). The fourth-order valence-corrected chi connectivity index (χ4v) is 5.98. The number of hydrogen-bond donors (Lipinski definition) is 1. The van der Waals surface area contributed by atoms with E-state index in [9.17, 15) is 44.3 Å². The van der Waals surface area contributed by atoms with Crippen LogP contribution in [0.3, 0.4) is 0 Å². The van der Waals surface area contributed by atoms with Gasteiger partial charge in [-0.3, -0.25) is 4.79 Å². The molecule has 12 heteroatoms. The van der Waals surface area contributed by atoms with Crippen molar-refractivity contribution in [3.63, 3.8) is 0 Å². The SMILES string of the molecule is CC1CC(=O)C1.CC1CC(O)(C(F)(F)S(=O)(=O)c2ccccc2)C1.O=S(=O)(c1ccccc1)C(F)F. The normalized spacial score (nSPS) is 22.3. The van der Waals surface area contributed by atoms with E-state index >= 15 is 0 Å². The Morgan fingerprint density at radius 3 is 1.56 bits per heavy atom. The number of carbonyl (C=O) groups is 1. The molecule has 2 aliphatic rings. The summed E-state index contributed by atoms with van der Waals surface area (Å²) in [6.45, 7) is 3.79. The van der Waals surface area contributed by atoms with Crippen molar-refractivity contribution in [2.75, 3.05) is 0 Å². The number of Topliss-reactive ketones (excluding diaryl/α,β-unsaturated/α-hetero) is 1. The third-order valence-corrected chi connectivity index (χ3v) is 9.11. The maximum absolute atomic E-state index is 14.1. The number of benzene rings is 2. The minimum atomic E-state index is -4.86. The van der Waals surface area contributed by atoms with Gasteiger partial charge in [-0.2, -0.15) is 17.6 Å². The third-order valence-electron chi connectivity index (χ3n) is 5.76. The second kappa shape index (κ2) is 11.4. The first kappa shape index (κ1) is 29.9. The second-order valence-corrected chi connectivity index (χ2v) is 13.0. The number of aliphatic hydroxyl groups is 1. The van der Waals surface area contributed by atoms with Gasteiger partial charge < -0.3 is 5.11 Å². The second-order valence-electron chi connectivity index (χ2n) is 9.05. The summed E-state index contributed by atoms with van der Waals surface area (Å²) in [6.07, 6.45) is 1.26. The number of carbonyl (C=O) groups excluding carboxylic acids is 1. The first-order valence-corrected chi connectivity index (χ1v) is 14.1. The van der Waals surface area contributed by atoms with E-state index in [0.717, 1.165) is 37.1 Å². The van der Waals surface area contributed by atoms with E-state index in [1.54, 1.807) is 13.0 Å². The van der Waals surface area contributed by atoms with E-state index < -0.39 is 41.2 Å². The van der Waals surface area contributed by atoms with Gasteiger partial charge in [0.15, 0.2) is 0 Å². The number of rotatable bonds is 5. The van der Waals surface area contributed by atoms with Crippen LogP contribution in [0.15, 0.2) is 70.5 Å². The van der Waals surface area contributed by atoms with Gasteiger partial charge in [0.1, 0.15) is 11.4 Å². The van der Waals surface area contributed by atoms with Crippen LogP contribution in [0.4, 0.5) is 17.6 Å². The zero-order chi connectivity index (χ0) is 27.4. The standard InChI is InChI=1S/C12H14F2O3S.C7H6F2O2S.C5H8O/c1-9-7-11(15,8-9)12(13,14)18(16,17)10-5-3-2-4-6-10;8-7(9)12(10,11)6-4-2-1-3-5-6;1-4-2-5(6)3-4/h2-6,9,15H,7-8H2,1H3;1-5,7H;4H,2-3H2,1H3. The molecular formula is C24H28F4O6S2. The van der Waals surface area contributed by atoms with E-state index in [1.165, 1.54) is 30.3 Å². The molecule has 2 saturated carbocycles. The Morgan fingerprint density at radius 1 is 0.833 bits per heavy atom. The Bertz CT molecular complexity index is 1220. The lowest BCUT2D eigenvalue weighted by atomic mass is 9.72. The monoisotopic (exact) mass is 552 g/mol. The summed E-state index contributed by atoms with van der Waals surface area (Å²) in [6, 6.07) is 13.1. The fourth-order valence-electron chi connectivity index (χ4n) is 3.76. The van der Waals surface area contributed by atoms with Gasteiger partial charge in [-0.15, -0.1) is 0 Å². The van der Waals surface area contributed by atoms with Gasteiger partial charge >= 0.3 is 11.0 Å². The summed E-state index contributed by atoms with van der Waals surface area (Å²) in [5.74, 6) is -2.31. The highest BCUT2D eigenvalue weighted by molar-refractivity contribution is 7.92. The molecule has 0 bridgehead atoms. The molecule has 1 N–H and O–H groups in total. The van der Waals surface area contributed by atoms with Gasteiger partial charge in [-0.05, 0) is 48.9 Å². The molecule has 0 aromatic heterocycles. The van der Waals surface area contributed by atoms with Crippen LogP contribution in [0.1, 0.15) is 39.5 Å². The predicted molar refractivity (Wildman–Crippen MR) is 125 cm³/mol. The van der Waals surface area contributed by atoms with Crippen molar-refractivity contribution in [3.05, 3.63) is 60.7 Å². The van der Waals surface area contributed by atoms with E-state index in [1.807, 2.05) is 0 Å². The number of hydrogen-bond acceptors (Lipinski definition) is 6. The minimum absolute atomic E-state index is 0.0909. The minimum Gasteiger partial charge on any atom is -0.382 e. The molecule has 6 nitrogen and oxygen atoms in total. The number of alkyl halides is 4. The molecule has 0 unspecified atom stereocenters. The van der Waals surface area contributed by atoms with Crippen LogP contribution in [0, 0.1) is 11.8 Å². The third kappa shape index (κ3) is 6.51. The Balaban J connectivity index is 0.000000217. The molecule has 2 aromatic carbocycles. The van der Waals surface area contributed by atoms with Crippen molar-refractivity contribution < 1.29 is 44.3 Å². The number of ketones is 1. The van der Waals surface area contributed by atoms with Crippen molar-refractivity contribution in [2.24, 2.45) is 11.8 Å². The smallest absolute Gasteiger partial charge is 0.377 e. The number of halogens is 4. The maximum Gasteiger partial charge on any atom is 0.377 e. The molecule has 36 heavy (non-hydrogen) atoms. The van der Waals surface area contributed by atoms with Crippen molar-refractivity contribution >= 4 is 25.5 Å². The lowest BCUT2D eigenvalue weighted by Crippen LogP contribution is -2.60. The lowest BCUT2D eigenvalue weighted by Gasteiger charge is -2.45. The van der Waals surface area contributed by atoms with Crippen LogP contribution < -0.4 is 0 Å². The first-order chi connectivity index (χ1) is 16.5. The van der Waals surface area contributed by atoms with Crippen molar-refractivity contribution in [2.45, 2.75) is 65.9 Å².